The zero-order valence-electron chi connectivity index (χ0n) is 9.07. The molecule has 2 aromatic rings. The lowest BCUT2D eigenvalue weighted by atomic mass is 10.2. The molecule has 1 aromatic carbocycles. The molecule has 0 saturated heterocycles. The molecule has 1 aromatic heterocycles. The fourth-order valence-electron chi connectivity index (χ4n) is 1.50. The lowest BCUT2D eigenvalue weighted by Gasteiger charge is -2.09. The molecular formula is C13H13BrN2. The van der Waals surface area contributed by atoms with E-state index in [-0.39, 0.29) is 0 Å². The van der Waals surface area contributed by atoms with Crippen LogP contribution in [0.25, 0.3) is 0 Å². The van der Waals surface area contributed by atoms with Gasteiger partial charge in [0.2, 0.25) is 0 Å². The van der Waals surface area contributed by atoms with Gasteiger partial charge in [0.05, 0.1) is 12.2 Å². The molecule has 0 amide bonds. The highest BCUT2D eigenvalue weighted by Gasteiger charge is 2.01. The molecule has 0 unspecified atom stereocenters. The summed E-state index contributed by atoms with van der Waals surface area (Å²) in [5, 5.41) is 3.38. The average molecular weight is 277 g/mol. The molecule has 0 aliphatic heterocycles. The quantitative estimate of drug-likeness (QED) is 0.923. The van der Waals surface area contributed by atoms with Crippen LogP contribution in [0.3, 0.4) is 0 Å². The van der Waals surface area contributed by atoms with Gasteiger partial charge in [-0.1, -0.05) is 18.2 Å². The van der Waals surface area contributed by atoms with Crippen LogP contribution in [-0.4, -0.2) is 4.98 Å². The van der Waals surface area contributed by atoms with Crippen LogP contribution < -0.4 is 5.32 Å². The molecule has 82 valence electrons. The van der Waals surface area contributed by atoms with Crippen LogP contribution in [0.2, 0.25) is 0 Å². The van der Waals surface area contributed by atoms with Crippen molar-refractivity contribution in [2.45, 2.75) is 13.5 Å². The second-order valence-electron chi connectivity index (χ2n) is 3.60. The number of aryl methyl sites for hydroxylation is 1. The SMILES string of the molecule is Cc1ccccc1NCc1ncccc1Br. The first-order valence-corrected chi connectivity index (χ1v) is 5.95. The predicted molar refractivity (Wildman–Crippen MR) is 70.4 cm³/mol. The van der Waals surface area contributed by atoms with E-state index in [4.69, 9.17) is 0 Å². The van der Waals surface area contributed by atoms with Gasteiger partial charge in [-0.15, -0.1) is 0 Å². The van der Waals surface area contributed by atoms with Crippen molar-refractivity contribution in [2.24, 2.45) is 0 Å². The fraction of sp³-hybridized carbons (Fsp3) is 0.154. The van der Waals surface area contributed by atoms with Crippen LogP contribution >= 0.6 is 15.9 Å². The van der Waals surface area contributed by atoms with E-state index in [1.54, 1.807) is 6.20 Å². The molecule has 0 radical (unpaired) electrons. The van der Waals surface area contributed by atoms with E-state index < -0.39 is 0 Å². The van der Waals surface area contributed by atoms with Crippen LogP contribution in [0.5, 0.6) is 0 Å². The Morgan fingerprint density at radius 3 is 2.75 bits per heavy atom. The van der Waals surface area contributed by atoms with Gasteiger partial charge in [0.1, 0.15) is 0 Å². The van der Waals surface area contributed by atoms with Crippen LogP contribution in [0.4, 0.5) is 5.69 Å². The maximum absolute atomic E-state index is 4.31. The summed E-state index contributed by atoms with van der Waals surface area (Å²) < 4.78 is 1.04. The Morgan fingerprint density at radius 2 is 2.00 bits per heavy atom. The largest absolute Gasteiger partial charge is 0.379 e. The Balaban J connectivity index is 2.09. The smallest absolute Gasteiger partial charge is 0.0736 e. The highest BCUT2D eigenvalue weighted by Crippen LogP contribution is 2.17. The third-order valence-electron chi connectivity index (χ3n) is 2.43. The molecule has 2 nitrogen and oxygen atoms in total. The summed E-state index contributed by atoms with van der Waals surface area (Å²) >= 11 is 3.49. The zero-order chi connectivity index (χ0) is 11.4. The second kappa shape index (κ2) is 5.12. The summed E-state index contributed by atoms with van der Waals surface area (Å²) in [5.41, 5.74) is 3.42. The number of nitrogens with one attached hydrogen (secondary N) is 1. The van der Waals surface area contributed by atoms with Gasteiger partial charge < -0.3 is 5.32 Å². The van der Waals surface area contributed by atoms with Crippen molar-refractivity contribution in [3.63, 3.8) is 0 Å². The van der Waals surface area contributed by atoms with Gasteiger partial charge in [-0.3, -0.25) is 4.98 Å². The molecule has 1 N–H and O–H groups in total. The van der Waals surface area contributed by atoms with Crippen molar-refractivity contribution in [3.05, 3.63) is 58.3 Å². The standard InChI is InChI=1S/C13H13BrN2/c1-10-5-2-3-7-12(10)16-9-13-11(14)6-4-8-15-13/h2-8,16H,9H2,1H3. The van der Waals surface area contributed by atoms with E-state index in [1.807, 2.05) is 24.3 Å². The number of benzene rings is 1. The molecule has 0 spiro atoms. The third kappa shape index (κ3) is 2.61. The van der Waals surface area contributed by atoms with E-state index in [0.717, 1.165) is 22.4 Å². The Kier molecular flexibility index (Phi) is 3.57. The molecule has 0 atom stereocenters. The van der Waals surface area contributed by atoms with Gasteiger partial charge >= 0.3 is 0 Å². The molecule has 1 heterocycles. The summed E-state index contributed by atoms with van der Waals surface area (Å²) in [5.74, 6) is 0. The van der Waals surface area contributed by atoms with Crippen molar-refractivity contribution in [1.29, 1.82) is 0 Å². The highest BCUT2D eigenvalue weighted by molar-refractivity contribution is 9.10. The molecule has 3 heteroatoms. The van der Waals surface area contributed by atoms with Crippen LogP contribution in [0, 0.1) is 6.92 Å². The van der Waals surface area contributed by atoms with Crippen molar-refractivity contribution < 1.29 is 0 Å². The van der Waals surface area contributed by atoms with E-state index in [1.165, 1.54) is 5.56 Å². The maximum atomic E-state index is 4.31. The number of hydrogen-bond donors (Lipinski definition) is 1. The van der Waals surface area contributed by atoms with Crippen LogP contribution in [0.15, 0.2) is 47.1 Å². The Bertz CT molecular complexity index is 437. The van der Waals surface area contributed by atoms with E-state index in [9.17, 15) is 0 Å². The molecular weight excluding hydrogens is 264 g/mol. The monoisotopic (exact) mass is 276 g/mol. The Hall–Kier alpha value is -1.35. The van der Waals surface area contributed by atoms with E-state index in [2.05, 4.69) is 45.3 Å². The van der Waals surface area contributed by atoms with Crippen molar-refractivity contribution in [2.75, 3.05) is 5.32 Å². The van der Waals surface area contributed by atoms with Crippen LogP contribution in [0.1, 0.15) is 11.3 Å². The number of anilines is 1. The topological polar surface area (TPSA) is 24.9 Å². The number of rotatable bonds is 3. The molecule has 0 aliphatic carbocycles. The lowest BCUT2D eigenvalue weighted by Crippen LogP contribution is -2.03. The summed E-state index contributed by atoms with van der Waals surface area (Å²) in [6.07, 6.45) is 1.81. The molecule has 0 aliphatic rings. The Labute approximate surface area is 104 Å². The number of pyridine rings is 1. The number of hydrogen-bond acceptors (Lipinski definition) is 2. The number of nitrogens with zero attached hydrogens (tertiary/aromatic N) is 1. The van der Waals surface area contributed by atoms with Crippen molar-refractivity contribution in [3.8, 4) is 0 Å². The summed E-state index contributed by atoms with van der Waals surface area (Å²) in [6, 6.07) is 12.2. The number of halogens is 1. The van der Waals surface area contributed by atoms with Gasteiger partial charge in [-0.25, -0.2) is 0 Å². The van der Waals surface area contributed by atoms with Crippen LogP contribution in [-0.2, 0) is 6.54 Å². The van der Waals surface area contributed by atoms with Crippen molar-refractivity contribution >= 4 is 21.6 Å². The van der Waals surface area contributed by atoms with Gasteiger partial charge in [0, 0.05) is 16.4 Å². The number of para-hydroxylation sites is 1. The summed E-state index contributed by atoms with van der Waals surface area (Å²) in [7, 11) is 0. The van der Waals surface area contributed by atoms with E-state index >= 15 is 0 Å². The van der Waals surface area contributed by atoms with E-state index in [0.29, 0.717) is 0 Å². The summed E-state index contributed by atoms with van der Waals surface area (Å²) in [4.78, 5) is 4.31. The minimum absolute atomic E-state index is 0.728. The highest BCUT2D eigenvalue weighted by atomic mass is 79.9. The van der Waals surface area contributed by atoms with Gasteiger partial charge in [0.25, 0.3) is 0 Å². The first kappa shape index (κ1) is 11.1. The zero-order valence-corrected chi connectivity index (χ0v) is 10.7. The first-order chi connectivity index (χ1) is 7.77. The Morgan fingerprint density at radius 1 is 1.19 bits per heavy atom. The maximum Gasteiger partial charge on any atom is 0.0736 e. The van der Waals surface area contributed by atoms with Gasteiger partial charge in [0.15, 0.2) is 0 Å². The normalized spacial score (nSPS) is 10.1. The summed E-state index contributed by atoms with van der Waals surface area (Å²) in [6.45, 7) is 2.82. The lowest BCUT2D eigenvalue weighted by molar-refractivity contribution is 1.03. The van der Waals surface area contributed by atoms with Gasteiger partial charge in [-0.2, -0.15) is 0 Å². The number of aromatic nitrogens is 1. The second-order valence-corrected chi connectivity index (χ2v) is 4.45. The predicted octanol–water partition coefficient (Wildman–Crippen LogP) is 3.76. The first-order valence-electron chi connectivity index (χ1n) is 5.16. The third-order valence-corrected chi connectivity index (χ3v) is 3.15. The minimum atomic E-state index is 0.728. The average Bonchev–Trinajstić information content (AvgIpc) is 2.30. The minimum Gasteiger partial charge on any atom is -0.379 e. The molecule has 2 rings (SSSR count). The fourth-order valence-corrected chi connectivity index (χ4v) is 1.89. The molecule has 16 heavy (non-hydrogen) atoms. The molecule has 0 fully saturated rings. The van der Waals surface area contributed by atoms with Crippen molar-refractivity contribution in [1.82, 2.24) is 4.98 Å². The molecule has 0 saturated carbocycles. The van der Waals surface area contributed by atoms with Gasteiger partial charge in [-0.05, 0) is 46.6 Å². The molecule has 0 bridgehead atoms.